The number of nitrogens with one attached hydrogen (secondary N) is 3. The number of nitrogens with zero attached hydrogens (tertiary/aromatic N) is 9. The third kappa shape index (κ3) is 25.5. The van der Waals surface area contributed by atoms with Gasteiger partial charge in [-0.3, -0.25) is 14.4 Å². The van der Waals surface area contributed by atoms with Crippen LogP contribution in [0.4, 0.5) is 53.9 Å². The Hall–Kier alpha value is -9.17. The van der Waals surface area contributed by atoms with Crippen LogP contribution in [0.1, 0.15) is 237 Å². The van der Waals surface area contributed by atoms with Gasteiger partial charge < -0.3 is 87.7 Å². The number of rotatable bonds is 10. The molecule has 9 heterocycles. The van der Waals surface area contributed by atoms with Crippen LogP contribution in [0.3, 0.4) is 0 Å². The molecule has 138 heavy (non-hydrogen) atoms. The monoisotopic (exact) mass is 2050 g/mol. The first-order valence-electron chi connectivity index (χ1n) is 46.5. The van der Waals surface area contributed by atoms with Crippen molar-refractivity contribution in [1.82, 2.24) is 60.6 Å². The summed E-state index contributed by atoms with van der Waals surface area (Å²) in [5.74, 6) is -14.7. The zero-order valence-electron chi connectivity index (χ0n) is 80.1. The maximum atomic E-state index is 16.0. The Kier molecular flexibility index (Phi) is 35.1. The van der Waals surface area contributed by atoms with E-state index < -0.39 is 208 Å². The second-order valence-electron chi connectivity index (χ2n) is 40.5. The number of benzene rings is 3. The van der Waals surface area contributed by atoms with Gasteiger partial charge >= 0.3 is 24.6 Å². The molecule has 3 aromatic heterocycles. The summed E-state index contributed by atoms with van der Waals surface area (Å²) in [5.41, 5.74) is -4.94. The number of fused-ring (bicyclic) bond motifs is 15. The number of aromatic nitrogens is 6. The summed E-state index contributed by atoms with van der Waals surface area (Å²) >= 11 is 0. The average Bonchev–Trinajstić information content (AvgIpc) is 1.25. The van der Waals surface area contributed by atoms with Gasteiger partial charge in [0.15, 0.2) is 17.1 Å². The molecule has 3 aromatic carbocycles. The van der Waals surface area contributed by atoms with Crippen LogP contribution in [0.25, 0.3) is 33.1 Å². The number of halogens is 9. The maximum absolute atomic E-state index is 16.0. The molecule has 753 valence electrons. The van der Waals surface area contributed by atoms with Crippen LogP contribution >= 0.6 is 0 Å². The Labute approximate surface area is 831 Å². The predicted molar refractivity (Wildman–Crippen MR) is 472 cm³/mol. The molecule has 0 unspecified atom stereocenters. The van der Waals surface area contributed by atoms with Gasteiger partial charge in [-0.15, -0.1) is 13.2 Å². The second kappa shape index (κ2) is 43.7. The third-order valence-electron chi connectivity index (χ3n) is 27.1. The van der Waals surface area contributed by atoms with Crippen molar-refractivity contribution >= 4 is 88.0 Å². The molecule has 30 nitrogen and oxygen atoms in total. The first kappa shape index (κ1) is 111. The fourth-order valence-electron chi connectivity index (χ4n) is 19.0. The largest absolute Gasteiger partial charge is 0.573 e. The predicted octanol–water partition coefficient (Wildman–Crippen LogP) is 16.8. The molecule has 6 aliphatic heterocycles. The molecule has 3 saturated carbocycles. The van der Waals surface area contributed by atoms with E-state index in [-0.39, 0.29) is 152 Å². The van der Waals surface area contributed by atoms with E-state index in [9.17, 15) is 56.3 Å². The quantitative estimate of drug-likeness (QED) is 0.0651. The normalized spacial score (nSPS) is 29.5. The number of alkyl halides is 9. The molecular weight excluding hydrogens is 1930 g/mol. The molecule has 3 radical (unpaired) electrons. The zero-order chi connectivity index (χ0) is 98.4. The topological polar surface area (TPSA) is 360 Å². The minimum absolute atomic E-state index is 0. The molecule has 6 fully saturated rings. The van der Waals surface area contributed by atoms with E-state index in [0.29, 0.717) is 106 Å². The van der Waals surface area contributed by atoms with Gasteiger partial charge in [-0.1, -0.05) is 133 Å². The Morgan fingerprint density at radius 3 is 1.12 bits per heavy atom. The summed E-state index contributed by atoms with van der Waals surface area (Å²) in [4.78, 5) is 148. The molecular formula is C96H120F9N12O18V3-3. The third-order valence-corrected chi connectivity index (χ3v) is 27.1. The average molecular weight is 2050 g/mol. The van der Waals surface area contributed by atoms with E-state index in [1.807, 2.05) is 53.5 Å². The number of carbonyl (C=O) groups excluding carboxylic acids is 9. The zero-order valence-corrected chi connectivity index (χ0v) is 84.3. The molecule has 3 saturated heterocycles. The number of amides is 6. The first-order valence-corrected chi connectivity index (χ1v) is 46.5. The minimum atomic E-state index is -5.00. The molecule has 9 aliphatic rings. The molecule has 3 N–H and O–H groups in total. The Bertz CT molecular complexity index is 5410. The maximum Gasteiger partial charge on any atom is 0.573 e. The van der Waals surface area contributed by atoms with Crippen molar-refractivity contribution in [3.05, 3.63) is 71.7 Å². The standard InChI is InChI=1S/C33H43F2N4O6.C32H41F2N4O6.C31H36F5N4O6.3V/c1-7-21-24(18-40)39-17-25(21)44-28-26(36-22-13-12-20(43-8-2)15-23(22)37-28)33(34,35)14-10-9-11-19-16-32(19,6)45-30(42)38-27(29(39)41)31(3,4)5;1-6-20-23(17-39)38-16-25(20)43-28-26(35-21-12-11-19(42-7-2)15-22(21)36-28)32(33,34)13-9-8-10-18-14-24(18)44-30(41)37-27(29(38)40)31(3,4)5;1-16-21(15-41)40-14-22(16)44-25-23(37-19-10-9-18(12-20(19)38-25)45-31(34,35)36)30(32,33)11-7-6-8-17-13-29(17,5)46-27(43)39-24(26(40)42)28(2,3)4;;;/h12-13,15,19,21,24-25,27H,7-11,14,16-17H2,1-6H3,(H,38,42);11-12,15,18,20,23-25,27H,6-10,13-14,16H2,1-5H3,(H,37,41);9-10,12,16-17,21-22,24H,6-8,11,13-14H2,1-5H3,(H,39,43);;;/q3*-1;;;/t19-,21+,24-,25+,27-,32-;18-,20+,23-,24-,25+,27-;16-,17+,21+,22-,24+,29+;;;/m110.../s1. The van der Waals surface area contributed by atoms with Crippen molar-refractivity contribution in [1.29, 1.82) is 0 Å². The Morgan fingerprint density at radius 2 is 0.768 bits per heavy atom. The van der Waals surface area contributed by atoms with Gasteiger partial charge in [0.1, 0.15) is 71.0 Å². The number of hydrogen-bond donors (Lipinski definition) is 3. The smallest absolute Gasteiger partial charge is 0.540 e. The summed E-state index contributed by atoms with van der Waals surface area (Å²) in [6.07, 6.45) is 0.124. The summed E-state index contributed by atoms with van der Waals surface area (Å²) in [6, 6.07) is 6.29. The van der Waals surface area contributed by atoms with Crippen molar-refractivity contribution in [2.45, 2.75) is 316 Å². The van der Waals surface area contributed by atoms with Gasteiger partial charge in [-0.25, -0.2) is 63.1 Å². The van der Waals surface area contributed by atoms with Gasteiger partial charge in [-0.05, 0) is 162 Å². The fourth-order valence-corrected chi connectivity index (χ4v) is 19.0. The number of carbonyl (C=O) groups is 6. The van der Waals surface area contributed by atoms with Crippen molar-refractivity contribution in [3.8, 4) is 34.9 Å². The Balaban J connectivity index is 0.000000211. The van der Waals surface area contributed by atoms with Crippen LogP contribution in [0, 0.1) is 51.8 Å². The SMILES string of the molecule is CCOc1ccc2nc3c(nc2c1)O[C@H]1CN(C(=O)[C@H](C(C)(C)C)NC(=O)O[C@@H]2C[C@H]2CCCCC3(F)F)[C@H]([C-]=O)[C@@H]1CC.CCOc1ccc2nc3c(nc2c1)O[C@H]1CN(C(=O)[C@H](C(C)(C)C)NC(=O)O[C@]2(C)C[C@H]2CCCCC3(F)F)[C@H]([C-]=O)[C@@H]1CC.C[C@@H]1[C@@H]2CN(C(=O)[C@H](C(C)(C)C)NC(=O)O[C@]3(C)C[C@H]3CCCCC(F)(F)c3nc4ccc(OC(F)(F)F)cc4nc3O2)[C@@H]1[C-]=O.[V].[V].[V]. The van der Waals surface area contributed by atoms with E-state index in [0.717, 1.165) is 18.2 Å². The number of ether oxygens (including phenoxy) is 9. The Morgan fingerprint density at radius 1 is 0.435 bits per heavy atom. The van der Waals surface area contributed by atoms with Crippen LogP contribution < -0.4 is 44.4 Å². The fraction of sp³-hybridized carbons (Fsp3) is 0.656. The molecule has 6 amide bonds. The van der Waals surface area contributed by atoms with Crippen molar-refractivity contribution < 1.29 is 181 Å². The molecule has 0 spiro atoms. The summed E-state index contributed by atoms with van der Waals surface area (Å²) in [7, 11) is 0. The van der Waals surface area contributed by atoms with E-state index in [1.165, 1.54) is 14.7 Å². The minimum Gasteiger partial charge on any atom is -0.540 e. The van der Waals surface area contributed by atoms with Crippen LogP contribution in [-0.2, 0) is 116 Å². The van der Waals surface area contributed by atoms with E-state index in [4.69, 9.17) is 37.9 Å². The van der Waals surface area contributed by atoms with Gasteiger partial charge in [-0.2, -0.15) is 26.3 Å². The molecule has 3 aliphatic carbocycles. The van der Waals surface area contributed by atoms with Crippen LogP contribution in [0.15, 0.2) is 54.6 Å². The van der Waals surface area contributed by atoms with Crippen LogP contribution in [0.5, 0.6) is 34.9 Å². The molecule has 6 bridgehead atoms. The molecule has 15 rings (SSSR count). The summed E-state index contributed by atoms with van der Waals surface area (Å²) in [5, 5.41) is 8.16. The van der Waals surface area contributed by atoms with E-state index in [1.54, 1.807) is 113 Å². The molecule has 6 aromatic rings. The number of hydrogen-bond acceptors (Lipinski definition) is 24. The van der Waals surface area contributed by atoms with Crippen molar-refractivity contribution in [2.24, 2.45) is 51.8 Å². The van der Waals surface area contributed by atoms with E-state index in [2.05, 4.69) is 50.6 Å². The van der Waals surface area contributed by atoms with Gasteiger partial charge in [0.05, 0.1) is 65.9 Å². The second-order valence-corrected chi connectivity index (χ2v) is 40.5. The van der Waals surface area contributed by atoms with E-state index >= 15 is 26.3 Å². The molecule has 18 atom stereocenters. The molecule has 42 heteroatoms. The van der Waals surface area contributed by atoms with Crippen molar-refractivity contribution in [3.63, 3.8) is 0 Å². The summed E-state index contributed by atoms with van der Waals surface area (Å²) in [6.45, 7) is 28.9. The van der Waals surface area contributed by atoms with Crippen molar-refractivity contribution in [2.75, 3.05) is 32.8 Å². The van der Waals surface area contributed by atoms with Crippen LogP contribution in [0.2, 0.25) is 0 Å². The van der Waals surface area contributed by atoms with Gasteiger partial charge in [0.2, 0.25) is 35.4 Å². The van der Waals surface area contributed by atoms with Gasteiger partial charge in [0.25, 0.3) is 17.8 Å². The van der Waals surface area contributed by atoms with Gasteiger partial charge in [0, 0.05) is 105 Å². The number of alkyl carbamates (subject to hydrolysis) is 3. The first-order chi connectivity index (χ1) is 63.4. The van der Waals surface area contributed by atoms with Crippen LogP contribution in [-0.4, -0.2) is 211 Å². The summed E-state index contributed by atoms with van der Waals surface area (Å²) < 4.78 is 185.